The Hall–Kier alpha value is -2.87. The van der Waals surface area contributed by atoms with Crippen LogP contribution < -0.4 is 0 Å². The van der Waals surface area contributed by atoms with Gasteiger partial charge in [-0.15, -0.1) is 0 Å². The van der Waals surface area contributed by atoms with Crippen molar-refractivity contribution in [2.24, 2.45) is 0 Å². The number of para-hydroxylation sites is 2. The minimum absolute atomic E-state index is 0.983. The summed E-state index contributed by atoms with van der Waals surface area (Å²) in [6.45, 7) is 4.27. The fraction of sp³-hybridized carbons (Fsp3) is 0.0952. The van der Waals surface area contributed by atoms with Crippen LogP contribution in [0.25, 0.3) is 28.1 Å². The van der Waals surface area contributed by atoms with Crippen LogP contribution >= 0.6 is 0 Å². The van der Waals surface area contributed by atoms with Crippen LogP contribution in [0.4, 0.5) is 0 Å². The van der Waals surface area contributed by atoms with Crippen LogP contribution in [-0.4, -0.2) is 9.55 Å². The molecule has 4 rings (SSSR count). The van der Waals surface area contributed by atoms with Gasteiger partial charge in [-0.1, -0.05) is 48.5 Å². The predicted molar refractivity (Wildman–Crippen MR) is 96.0 cm³/mol. The quantitative estimate of drug-likeness (QED) is 0.490. The van der Waals surface area contributed by atoms with Crippen LogP contribution in [0.1, 0.15) is 11.1 Å². The monoisotopic (exact) mass is 298 g/mol. The number of aromatic nitrogens is 2. The number of nitrogens with zero attached hydrogens (tertiary/aromatic N) is 2. The molecule has 0 saturated carbocycles. The number of fused-ring (bicyclic) bond motifs is 1. The molecule has 112 valence electrons. The van der Waals surface area contributed by atoms with Gasteiger partial charge in [0.1, 0.15) is 5.82 Å². The fourth-order valence-corrected chi connectivity index (χ4v) is 3.15. The highest BCUT2D eigenvalue weighted by Crippen LogP contribution is 2.29. The molecular weight excluding hydrogens is 280 g/mol. The van der Waals surface area contributed by atoms with Crippen molar-refractivity contribution in [3.8, 4) is 17.1 Å². The van der Waals surface area contributed by atoms with Crippen LogP contribution in [0.3, 0.4) is 0 Å². The molecule has 23 heavy (non-hydrogen) atoms. The Balaban J connectivity index is 2.07. The first-order valence-electron chi connectivity index (χ1n) is 7.84. The summed E-state index contributed by atoms with van der Waals surface area (Å²) in [7, 11) is 0. The number of rotatable bonds is 2. The lowest BCUT2D eigenvalue weighted by Gasteiger charge is -2.11. The molecule has 0 saturated heterocycles. The first-order chi connectivity index (χ1) is 11.2. The molecule has 3 aromatic carbocycles. The summed E-state index contributed by atoms with van der Waals surface area (Å²) in [5.41, 5.74) is 6.97. The maximum absolute atomic E-state index is 4.88. The van der Waals surface area contributed by atoms with Gasteiger partial charge in [-0.2, -0.15) is 0 Å². The van der Waals surface area contributed by atoms with Crippen LogP contribution in [0.5, 0.6) is 0 Å². The highest BCUT2D eigenvalue weighted by Gasteiger charge is 2.14. The fourth-order valence-electron chi connectivity index (χ4n) is 3.15. The minimum atomic E-state index is 0.983. The standard InChI is InChI=1S/C21H18N2/c1-15-12-16(2)14-18(13-15)23-20-11-7-6-10-19(20)22-21(23)17-8-4-3-5-9-17/h3-14H,1-2H3. The van der Waals surface area contributed by atoms with Crippen molar-refractivity contribution in [2.75, 3.05) is 0 Å². The zero-order valence-corrected chi connectivity index (χ0v) is 13.3. The molecule has 4 aromatic rings. The zero-order chi connectivity index (χ0) is 15.8. The highest BCUT2D eigenvalue weighted by molar-refractivity contribution is 5.83. The summed E-state index contributed by atoms with van der Waals surface area (Å²) in [6.07, 6.45) is 0. The average molecular weight is 298 g/mol. The van der Waals surface area contributed by atoms with Gasteiger partial charge >= 0.3 is 0 Å². The number of benzene rings is 3. The van der Waals surface area contributed by atoms with Gasteiger partial charge in [0.15, 0.2) is 0 Å². The largest absolute Gasteiger partial charge is 0.292 e. The van der Waals surface area contributed by atoms with E-state index in [-0.39, 0.29) is 0 Å². The van der Waals surface area contributed by atoms with E-state index in [2.05, 4.69) is 79.1 Å². The molecule has 0 bridgehead atoms. The van der Waals surface area contributed by atoms with Gasteiger partial charge in [-0.25, -0.2) is 4.98 Å². The van der Waals surface area contributed by atoms with E-state index in [9.17, 15) is 0 Å². The molecule has 0 aliphatic carbocycles. The Morgan fingerprint density at radius 3 is 2.13 bits per heavy atom. The van der Waals surface area contributed by atoms with Gasteiger partial charge in [0.2, 0.25) is 0 Å². The van der Waals surface area contributed by atoms with Gasteiger partial charge in [0.05, 0.1) is 11.0 Å². The molecule has 0 fully saturated rings. The van der Waals surface area contributed by atoms with Gasteiger partial charge < -0.3 is 0 Å². The van der Waals surface area contributed by atoms with Gasteiger partial charge in [0.25, 0.3) is 0 Å². The topological polar surface area (TPSA) is 17.8 Å². The third kappa shape index (κ3) is 2.42. The van der Waals surface area contributed by atoms with Crippen molar-refractivity contribution in [3.63, 3.8) is 0 Å². The maximum atomic E-state index is 4.88. The van der Waals surface area contributed by atoms with Crippen molar-refractivity contribution in [2.45, 2.75) is 13.8 Å². The van der Waals surface area contributed by atoms with Crippen molar-refractivity contribution in [1.82, 2.24) is 9.55 Å². The van der Waals surface area contributed by atoms with E-state index in [1.807, 2.05) is 12.1 Å². The molecule has 2 heteroatoms. The Morgan fingerprint density at radius 1 is 0.739 bits per heavy atom. The van der Waals surface area contributed by atoms with E-state index < -0.39 is 0 Å². The van der Waals surface area contributed by atoms with E-state index in [0.717, 1.165) is 28.1 Å². The third-order valence-corrected chi connectivity index (χ3v) is 4.06. The lowest BCUT2D eigenvalue weighted by atomic mass is 10.1. The van der Waals surface area contributed by atoms with Gasteiger partial charge in [-0.05, 0) is 49.2 Å². The highest BCUT2D eigenvalue weighted by atomic mass is 15.1. The zero-order valence-electron chi connectivity index (χ0n) is 13.3. The van der Waals surface area contributed by atoms with Gasteiger partial charge in [0, 0.05) is 11.3 Å². The lowest BCUT2D eigenvalue weighted by Crippen LogP contribution is -1.98. The summed E-state index contributed by atoms with van der Waals surface area (Å²) in [5, 5.41) is 0. The molecule has 2 nitrogen and oxygen atoms in total. The smallest absolute Gasteiger partial charge is 0.145 e. The first-order valence-corrected chi connectivity index (χ1v) is 7.84. The van der Waals surface area contributed by atoms with Gasteiger partial charge in [-0.3, -0.25) is 4.57 Å². The summed E-state index contributed by atoms with van der Waals surface area (Å²) < 4.78 is 2.25. The molecular formula is C21H18N2. The molecule has 0 N–H and O–H groups in total. The second kappa shape index (κ2) is 5.40. The Labute approximate surface area is 136 Å². The van der Waals surface area contributed by atoms with E-state index in [1.165, 1.54) is 11.1 Å². The second-order valence-electron chi connectivity index (χ2n) is 5.97. The third-order valence-electron chi connectivity index (χ3n) is 4.06. The summed E-state index contributed by atoms with van der Waals surface area (Å²) >= 11 is 0. The number of imidazole rings is 1. The van der Waals surface area contributed by atoms with Crippen LogP contribution in [0.15, 0.2) is 72.8 Å². The van der Waals surface area contributed by atoms with Crippen LogP contribution in [0.2, 0.25) is 0 Å². The molecule has 0 radical (unpaired) electrons. The predicted octanol–water partition coefficient (Wildman–Crippen LogP) is 5.31. The number of hydrogen-bond donors (Lipinski definition) is 0. The minimum Gasteiger partial charge on any atom is -0.292 e. The summed E-state index contributed by atoms with van der Waals surface area (Å²) in [6, 6.07) is 25.3. The molecule has 0 atom stereocenters. The molecule has 1 heterocycles. The van der Waals surface area contributed by atoms with E-state index in [4.69, 9.17) is 4.98 Å². The van der Waals surface area contributed by atoms with Crippen LogP contribution in [-0.2, 0) is 0 Å². The van der Waals surface area contributed by atoms with Crippen molar-refractivity contribution in [1.29, 1.82) is 0 Å². The van der Waals surface area contributed by atoms with Crippen molar-refractivity contribution < 1.29 is 0 Å². The molecule has 1 aromatic heterocycles. The van der Waals surface area contributed by atoms with E-state index >= 15 is 0 Å². The Morgan fingerprint density at radius 2 is 1.39 bits per heavy atom. The number of aryl methyl sites for hydroxylation is 2. The number of hydrogen-bond acceptors (Lipinski definition) is 1. The summed E-state index contributed by atoms with van der Waals surface area (Å²) in [5.74, 6) is 0.983. The van der Waals surface area contributed by atoms with Crippen LogP contribution in [0, 0.1) is 13.8 Å². The molecule has 0 spiro atoms. The van der Waals surface area contributed by atoms with E-state index in [0.29, 0.717) is 0 Å². The molecule has 0 aliphatic heterocycles. The van der Waals surface area contributed by atoms with Crippen molar-refractivity contribution >= 4 is 11.0 Å². The molecule has 0 amide bonds. The van der Waals surface area contributed by atoms with E-state index in [1.54, 1.807) is 0 Å². The normalized spacial score (nSPS) is 11.0. The Kier molecular flexibility index (Phi) is 3.23. The maximum Gasteiger partial charge on any atom is 0.145 e. The molecule has 0 aliphatic rings. The second-order valence-corrected chi connectivity index (χ2v) is 5.97. The lowest BCUT2D eigenvalue weighted by molar-refractivity contribution is 1.09. The Bertz CT molecular complexity index is 961. The summed E-state index contributed by atoms with van der Waals surface area (Å²) in [4.78, 5) is 4.88. The molecule has 0 unspecified atom stereocenters. The van der Waals surface area contributed by atoms with Crippen molar-refractivity contribution in [3.05, 3.63) is 83.9 Å². The SMILES string of the molecule is Cc1cc(C)cc(-n2c(-c3ccccc3)nc3ccccc32)c1. The first kappa shape index (κ1) is 13.8. The average Bonchev–Trinajstić information content (AvgIpc) is 2.94.